The number of nitrogens with one attached hydrogen (secondary N) is 3. The number of nitro benzene ring substituents is 1. The van der Waals surface area contributed by atoms with E-state index < -0.39 is 26.3 Å². The number of anilines is 2. The minimum atomic E-state index is -4.29. The SMILES string of the molecule is CC1(C)CCC(CN2CCN(c3ccc(C(=O)CS(=O)(=O)c4ccc(NCC5CCNCC5)c([N+](=O)[O-])c4)c(Oc4cnc5[nH]ccc5c4)c3)CC2)=C(c2ccc(Cl)cc2)C1. The zero-order valence-electron chi connectivity index (χ0n) is 34.6. The van der Waals surface area contributed by atoms with Gasteiger partial charge in [-0.2, -0.15) is 0 Å². The number of pyridine rings is 1. The number of rotatable bonds is 14. The summed E-state index contributed by atoms with van der Waals surface area (Å²) in [5.74, 6) is -0.668. The van der Waals surface area contributed by atoms with E-state index in [1.54, 1.807) is 30.6 Å². The third-order valence-electron chi connectivity index (χ3n) is 12.3. The Kier molecular flexibility index (Phi) is 12.5. The number of aromatic amines is 1. The van der Waals surface area contributed by atoms with Crippen molar-refractivity contribution >= 4 is 60.9 Å². The van der Waals surface area contributed by atoms with Crippen LogP contribution < -0.4 is 20.3 Å². The summed E-state index contributed by atoms with van der Waals surface area (Å²) in [4.78, 5) is 37.5. The highest BCUT2D eigenvalue weighted by atomic mass is 35.5. The van der Waals surface area contributed by atoms with Gasteiger partial charge in [-0.3, -0.25) is 19.8 Å². The molecule has 2 saturated heterocycles. The van der Waals surface area contributed by atoms with Crippen molar-refractivity contribution in [2.75, 3.05) is 68.3 Å². The van der Waals surface area contributed by atoms with Crippen molar-refractivity contribution in [1.82, 2.24) is 20.2 Å². The number of piperazine rings is 1. The lowest BCUT2D eigenvalue weighted by molar-refractivity contribution is -0.384. The Bertz CT molecular complexity index is 2560. The Labute approximate surface area is 361 Å². The molecule has 0 unspecified atom stereocenters. The molecule has 0 bridgehead atoms. The summed E-state index contributed by atoms with van der Waals surface area (Å²) >= 11 is 6.24. The number of benzene rings is 3. The molecule has 5 aromatic rings. The second kappa shape index (κ2) is 18.0. The van der Waals surface area contributed by atoms with Crippen LogP contribution in [0.25, 0.3) is 16.6 Å². The maximum absolute atomic E-state index is 14.0. The molecule has 0 radical (unpaired) electrons. The van der Waals surface area contributed by atoms with E-state index in [9.17, 15) is 23.3 Å². The molecule has 2 aliphatic heterocycles. The quantitative estimate of drug-likeness (QED) is 0.0556. The normalized spacial score (nSPS) is 17.7. The van der Waals surface area contributed by atoms with Gasteiger partial charge in [0.1, 0.15) is 28.6 Å². The van der Waals surface area contributed by atoms with Crippen LogP contribution in [0.3, 0.4) is 0 Å². The van der Waals surface area contributed by atoms with Crippen LogP contribution in [-0.2, 0) is 9.84 Å². The van der Waals surface area contributed by atoms with Crippen LogP contribution in [0.5, 0.6) is 11.5 Å². The molecule has 3 aromatic carbocycles. The Hall–Kier alpha value is -5.28. The smallest absolute Gasteiger partial charge is 0.293 e. The van der Waals surface area contributed by atoms with Crippen molar-refractivity contribution in [3.05, 3.63) is 117 Å². The fourth-order valence-corrected chi connectivity index (χ4v) is 10.1. The Morgan fingerprint density at radius 2 is 1.79 bits per heavy atom. The van der Waals surface area contributed by atoms with Gasteiger partial charge in [0.05, 0.1) is 21.6 Å². The number of piperidine rings is 1. The fraction of sp³-hybridized carbons (Fsp3) is 0.391. The second-order valence-electron chi connectivity index (χ2n) is 17.3. The molecule has 1 aliphatic carbocycles. The van der Waals surface area contributed by atoms with Gasteiger partial charge >= 0.3 is 0 Å². The van der Waals surface area contributed by atoms with E-state index in [1.807, 2.05) is 24.3 Å². The van der Waals surface area contributed by atoms with Crippen LogP contribution >= 0.6 is 11.6 Å². The highest BCUT2D eigenvalue weighted by Crippen LogP contribution is 2.43. The number of hydrogen-bond acceptors (Lipinski definition) is 11. The highest BCUT2D eigenvalue weighted by Gasteiger charge is 2.31. The average molecular weight is 866 g/mol. The standard InChI is InChI=1S/C46H52ClN7O6S/c1-46(2)15-11-34(40(26-46)32-3-5-35(47)6-4-32)29-52-19-21-53(22-20-52)36-7-9-39(44(24-36)60-37-23-33-14-18-49-45(33)51-28-37)43(55)30-61(58,59)38-8-10-41(42(25-38)54(56)57)50-27-31-12-16-48-17-13-31/h3-10,14,18,23-25,28,31,48,50H,11-13,15-17,19-22,26-27,29-30H2,1-2H3,(H,49,51). The third-order valence-corrected chi connectivity index (χ3v) is 14.2. The zero-order chi connectivity index (χ0) is 42.7. The molecule has 13 nitrogen and oxygen atoms in total. The second-order valence-corrected chi connectivity index (χ2v) is 19.7. The van der Waals surface area contributed by atoms with E-state index in [0.717, 1.165) is 100 Å². The minimum absolute atomic E-state index is 0.0803. The number of ketones is 1. The van der Waals surface area contributed by atoms with Gasteiger partial charge in [-0.05, 0) is 116 Å². The molecule has 0 spiro atoms. The van der Waals surface area contributed by atoms with Gasteiger partial charge in [0.15, 0.2) is 15.6 Å². The predicted octanol–water partition coefficient (Wildman–Crippen LogP) is 8.77. The molecule has 2 aromatic heterocycles. The Balaban J connectivity index is 1.00. The average Bonchev–Trinajstić information content (AvgIpc) is 3.72. The van der Waals surface area contributed by atoms with Crippen molar-refractivity contribution < 1.29 is 22.9 Å². The first-order valence-corrected chi connectivity index (χ1v) is 23.0. The summed E-state index contributed by atoms with van der Waals surface area (Å²) in [5, 5.41) is 20.1. The molecule has 3 aliphatic rings. The van der Waals surface area contributed by atoms with Gasteiger partial charge in [-0.1, -0.05) is 43.2 Å². The Morgan fingerprint density at radius 1 is 1.02 bits per heavy atom. The molecule has 4 heterocycles. The molecule has 3 N–H and O–H groups in total. The number of ether oxygens (including phenoxy) is 1. The number of aromatic nitrogens is 2. The minimum Gasteiger partial charge on any atom is -0.455 e. The van der Waals surface area contributed by atoms with E-state index in [-0.39, 0.29) is 33.0 Å². The van der Waals surface area contributed by atoms with Crippen molar-refractivity contribution in [1.29, 1.82) is 0 Å². The summed E-state index contributed by atoms with van der Waals surface area (Å²) in [6.45, 7) is 11.0. The van der Waals surface area contributed by atoms with Crippen LogP contribution in [-0.4, -0.2) is 92.1 Å². The number of nitro groups is 1. The van der Waals surface area contributed by atoms with Crippen molar-refractivity contribution in [2.45, 2.75) is 50.8 Å². The number of H-pyrrole nitrogens is 1. The number of allylic oxidation sites excluding steroid dienone is 1. The van der Waals surface area contributed by atoms with Crippen LogP contribution in [0.1, 0.15) is 61.9 Å². The number of hydrogen-bond donors (Lipinski definition) is 3. The van der Waals surface area contributed by atoms with Gasteiger partial charge in [-0.15, -0.1) is 0 Å². The van der Waals surface area contributed by atoms with Crippen molar-refractivity contribution in [3.63, 3.8) is 0 Å². The third kappa shape index (κ3) is 10.1. The first kappa shape index (κ1) is 42.4. The summed E-state index contributed by atoms with van der Waals surface area (Å²) < 4.78 is 33.9. The van der Waals surface area contributed by atoms with E-state index in [2.05, 4.69) is 56.4 Å². The monoisotopic (exact) mass is 865 g/mol. The maximum atomic E-state index is 14.0. The maximum Gasteiger partial charge on any atom is 0.293 e. The Morgan fingerprint density at radius 3 is 2.54 bits per heavy atom. The number of carbonyl (C=O) groups excluding carboxylic acids is 1. The summed E-state index contributed by atoms with van der Waals surface area (Å²) in [6.07, 6.45) is 8.43. The first-order chi connectivity index (χ1) is 29.3. The van der Waals surface area contributed by atoms with Crippen LogP contribution in [0, 0.1) is 21.4 Å². The van der Waals surface area contributed by atoms with Crippen molar-refractivity contribution in [2.24, 2.45) is 11.3 Å². The molecular weight excluding hydrogens is 814 g/mol. The lowest BCUT2D eigenvalue weighted by atomic mass is 9.72. The zero-order valence-corrected chi connectivity index (χ0v) is 36.2. The van der Waals surface area contributed by atoms with Crippen LogP contribution in [0.4, 0.5) is 17.1 Å². The number of nitrogens with zero attached hydrogens (tertiary/aromatic N) is 4. The first-order valence-electron chi connectivity index (χ1n) is 21.0. The molecule has 15 heteroatoms. The fourth-order valence-electron chi connectivity index (χ4n) is 8.70. The number of Topliss-reactive ketones (excluding diaryl/α,β-unsaturated/α-hetero) is 1. The molecule has 2 fully saturated rings. The lowest BCUT2D eigenvalue weighted by Crippen LogP contribution is -2.47. The van der Waals surface area contributed by atoms with Crippen LogP contribution in [0.15, 0.2) is 95.7 Å². The highest BCUT2D eigenvalue weighted by molar-refractivity contribution is 7.92. The topological polar surface area (TPSA) is 163 Å². The van der Waals surface area contributed by atoms with Gasteiger partial charge in [-0.25, -0.2) is 13.4 Å². The van der Waals surface area contributed by atoms with Gasteiger partial charge in [0, 0.05) is 73.7 Å². The number of fused-ring (bicyclic) bond motifs is 1. The molecule has 61 heavy (non-hydrogen) atoms. The number of sulfone groups is 1. The molecule has 0 atom stereocenters. The molecule has 8 rings (SSSR count). The van der Waals surface area contributed by atoms with E-state index in [0.29, 0.717) is 23.9 Å². The summed E-state index contributed by atoms with van der Waals surface area (Å²) in [6, 6.07) is 20.9. The van der Waals surface area contributed by atoms with E-state index >= 15 is 0 Å². The molecule has 0 amide bonds. The van der Waals surface area contributed by atoms with E-state index in [4.69, 9.17) is 16.3 Å². The molecule has 0 saturated carbocycles. The van der Waals surface area contributed by atoms with E-state index in [1.165, 1.54) is 28.8 Å². The predicted molar refractivity (Wildman–Crippen MR) is 241 cm³/mol. The largest absolute Gasteiger partial charge is 0.455 e. The van der Waals surface area contributed by atoms with Gasteiger partial charge in [0.25, 0.3) is 5.69 Å². The lowest BCUT2D eigenvalue weighted by Gasteiger charge is -2.39. The summed E-state index contributed by atoms with van der Waals surface area (Å²) in [7, 11) is -4.29. The number of halogens is 1. The molecular formula is C46H52ClN7O6S. The van der Waals surface area contributed by atoms with Gasteiger partial charge in [0.2, 0.25) is 0 Å². The van der Waals surface area contributed by atoms with Crippen molar-refractivity contribution in [3.8, 4) is 11.5 Å². The van der Waals surface area contributed by atoms with Gasteiger partial charge < -0.3 is 25.3 Å². The summed E-state index contributed by atoms with van der Waals surface area (Å²) in [5.41, 5.74) is 5.85. The molecule has 320 valence electrons. The number of carbonyl (C=O) groups is 1. The van der Waals surface area contributed by atoms with Crippen LogP contribution in [0.2, 0.25) is 5.02 Å².